The van der Waals surface area contributed by atoms with Gasteiger partial charge in [-0.05, 0) is 12.5 Å². The molecular formula is C10H13NO3. The van der Waals surface area contributed by atoms with Crippen LogP contribution in [0.5, 0.6) is 0 Å². The van der Waals surface area contributed by atoms with Crippen LogP contribution < -0.4 is 0 Å². The number of hydrogen-bond donors (Lipinski definition) is 1. The topological polar surface area (TPSA) is 63.4 Å². The van der Waals surface area contributed by atoms with E-state index in [1.165, 1.54) is 6.92 Å². The quantitative estimate of drug-likeness (QED) is 0.589. The maximum Gasteiger partial charge on any atom is 0.239 e. The molecule has 0 radical (unpaired) electrons. The van der Waals surface area contributed by atoms with Crippen LogP contribution >= 0.6 is 0 Å². The van der Waals surface area contributed by atoms with Gasteiger partial charge < -0.3 is 5.11 Å². The first kappa shape index (κ1) is 10.7. The molecule has 76 valence electrons. The summed E-state index contributed by atoms with van der Waals surface area (Å²) in [4.78, 5) is 9.94. The van der Waals surface area contributed by atoms with E-state index in [4.69, 9.17) is 0 Å². The third kappa shape index (κ3) is 2.29. The van der Waals surface area contributed by atoms with Gasteiger partial charge in [-0.25, -0.2) is 0 Å². The van der Waals surface area contributed by atoms with E-state index in [-0.39, 0.29) is 0 Å². The largest absolute Gasteiger partial charge is 0.381 e. The molecule has 0 aliphatic carbocycles. The first-order chi connectivity index (χ1) is 6.52. The fourth-order valence-corrected chi connectivity index (χ4v) is 1.16. The molecule has 4 nitrogen and oxygen atoms in total. The molecule has 0 saturated heterocycles. The summed E-state index contributed by atoms with van der Waals surface area (Å²) < 4.78 is 0. The van der Waals surface area contributed by atoms with Crippen LogP contribution in [-0.4, -0.2) is 16.1 Å². The maximum absolute atomic E-state index is 10.4. The van der Waals surface area contributed by atoms with Crippen LogP contribution in [0, 0.1) is 17.0 Å². The van der Waals surface area contributed by atoms with Gasteiger partial charge in [-0.3, -0.25) is 10.1 Å². The van der Waals surface area contributed by atoms with Gasteiger partial charge in [0.15, 0.2) is 0 Å². The monoisotopic (exact) mass is 195 g/mol. The summed E-state index contributed by atoms with van der Waals surface area (Å²) in [5, 5.41) is 20.0. The van der Waals surface area contributed by atoms with E-state index < -0.39 is 17.1 Å². The summed E-state index contributed by atoms with van der Waals surface area (Å²) in [5.74, 6) is 0. The minimum Gasteiger partial charge on any atom is -0.381 e. The van der Waals surface area contributed by atoms with Crippen molar-refractivity contribution in [1.82, 2.24) is 0 Å². The van der Waals surface area contributed by atoms with E-state index >= 15 is 0 Å². The molecule has 0 aliphatic rings. The van der Waals surface area contributed by atoms with Crippen molar-refractivity contribution >= 4 is 0 Å². The standard InChI is InChI=1S/C10H13NO3/c1-7-3-5-9(6-4-7)10(12)8(2)11(13)14/h3-6,8,10,12H,1-2H3/t8-,10-/m1/s1. The number of aliphatic hydroxyl groups is 1. The van der Waals surface area contributed by atoms with Crippen molar-refractivity contribution in [2.24, 2.45) is 0 Å². The van der Waals surface area contributed by atoms with Gasteiger partial charge in [0.1, 0.15) is 6.10 Å². The molecule has 1 rings (SSSR count). The highest BCUT2D eigenvalue weighted by molar-refractivity contribution is 5.23. The van der Waals surface area contributed by atoms with Gasteiger partial charge in [-0.2, -0.15) is 0 Å². The molecule has 0 aromatic heterocycles. The second-order valence-electron chi connectivity index (χ2n) is 3.38. The zero-order chi connectivity index (χ0) is 10.7. The van der Waals surface area contributed by atoms with Crippen LogP contribution in [0.25, 0.3) is 0 Å². The minimum atomic E-state index is -1.04. The molecule has 1 aromatic carbocycles. The molecular weight excluding hydrogens is 182 g/mol. The molecule has 0 spiro atoms. The molecule has 14 heavy (non-hydrogen) atoms. The number of aryl methyl sites for hydroxylation is 1. The average Bonchev–Trinajstić information content (AvgIpc) is 2.16. The summed E-state index contributed by atoms with van der Waals surface area (Å²) in [5.41, 5.74) is 1.65. The second-order valence-corrected chi connectivity index (χ2v) is 3.38. The number of benzene rings is 1. The Morgan fingerprint density at radius 3 is 2.29 bits per heavy atom. The van der Waals surface area contributed by atoms with Crippen molar-refractivity contribution in [3.05, 3.63) is 45.5 Å². The van der Waals surface area contributed by atoms with Crippen LogP contribution in [-0.2, 0) is 0 Å². The molecule has 0 bridgehead atoms. The molecule has 0 saturated carbocycles. The number of nitro groups is 1. The lowest BCUT2D eigenvalue weighted by Gasteiger charge is -2.12. The summed E-state index contributed by atoms with van der Waals surface area (Å²) in [6.07, 6.45) is -1.04. The highest BCUT2D eigenvalue weighted by Gasteiger charge is 2.25. The fourth-order valence-electron chi connectivity index (χ4n) is 1.16. The van der Waals surface area contributed by atoms with E-state index in [0.29, 0.717) is 5.56 Å². The molecule has 0 unspecified atom stereocenters. The molecule has 1 N–H and O–H groups in total. The summed E-state index contributed by atoms with van der Waals surface area (Å²) in [7, 11) is 0. The fraction of sp³-hybridized carbons (Fsp3) is 0.400. The van der Waals surface area contributed by atoms with Crippen molar-refractivity contribution in [2.75, 3.05) is 0 Å². The second kappa shape index (κ2) is 4.19. The molecule has 2 atom stereocenters. The smallest absolute Gasteiger partial charge is 0.239 e. The lowest BCUT2D eigenvalue weighted by Crippen LogP contribution is -2.23. The van der Waals surface area contributed by atoms with Crippen molar-refractivity contribution in [2.45, 2.75) is 26.0 Å². The zero-order valence-corrected chi connectivity index (χ0v) is 8.18. The van der Waals surface area contributed by atoms with Crippen LogP contribution in [0.4, 0.5) is 0 Å². The van der Waals surface area contributed by atoms with Crippen molar-refractivity contribution < 1.29 is 10.0 Å². The first-order valence-electron chi connectivity index (χ1n) is 4.40. The van der Waals surface area contributed by atoms with Gasteiger partial charge in [0.2, 0.25) is 6.04 Å². The predicted molar refractivity (Wildman–Crippen MR) is 52.6 cm³/mol. The summed E-state index contributed by atoms with van der Waals surface area (Å²) in [6, 6.07) is 6.09. The predicted octanol–water partition coefficient (Wildman–Crippen LogP) is 1.69. The summed E-state index contributed by atoms with van der Waals surface area (Å²) in [6.45, 7) is 3.32. The van der Waals surface area contributed by atoms with Gasteiger partial charge in [-0.15, -0.1) is 0 Å². The van der Waals surface area contributed by atoms with Crippen LogP contribution in [0.2, 0.25) is 0 Å². The van der Waals surface area contributed by atoms with E-state index in [1.807, 2.05) is 19.1 Å². The molecule has 1 aromatic rings. The van der Waals surface area contributed by atoms with Crippen molar-refractivity contribution in [1.29, 1.82) is 0 Å². The van der Waals surface area contributed by atoms with Crippen LogP contribution in [0.15, 0.2) is 24.3 Å². The molecule has 0 aliphatic heterocycles. The van der Waals surface area contributed by atoms with Crippen LogP contribution in [0.1, 0.15) is 24.2 Å². The Labute approximate surface area is 82.3 Å². The van der Waals surface area contributed by atoms with E-state index in [0.717, 1.165) is 5.56 Å². The highest BCUT2D eigenvalue weighted by Crippen LogP contribution is 2.18. The summed E-state index contributed by atoms with van der Waals surface area (Å²) >= 11 is 0. The molecule has 4 heteroatoms. The number of rotatable bonds is 3. The Kier molecular flexibility index (Phi) is 3.19. The zero-order valence-electron chi connectivity index (χ0n) is 8.18. The Bertz CT molecular complexity index is 321. The third-order valence-corrected chi connectivity index (χ3v) is 2.21. The van der Waals surface area contributed by atoms with E-state index in [9.17, 15) is 15.2 Å². The van der Waals surface area contributed by atoms with Gasteiger partial charge >= 0.3 is 0 Å². The van der Waals surface area contributed by atoms with Gasteiger partial charge in [0, 0.05) is 11.8 Å². The van der Waals surface area contributed by atoms with E-state index in [2.05, 4.69) is 0 Å². The Balaban J connectivity index is 2.84. The van der Waals surface area contributed by atoms with Gasteiger partial charge in [-0.1, -0.05) is 29.8 Å². The number of nitrogens with zero attached hydrogens (tertiary/aromatic N) is 1. The minimum absolute atomic E-state index is 0.482. The first-order valence-corrected chi connectivity index (χ1v) is 4.40. The van der Waals surface area contributed by atoms with Crippen LogP contribution in [0.3, 0.4) is 0 Å². The highest BCUT2D eigenvalue weighted by atomic mass is 16.6. The Morgan fingerprint density at radius 1 is 1.36 bits per heavy atom. The van der Waals surface area contributed by atoms with Gasteiger partial charge in [0.05, 0.1) is 0 Å². The molecule has 0 heterocycles. The molecule has 0 fully saturated rings. The Morgan fingerprint density at radius 2 is 1.86 bits per heavy atom. The van der Waals surface area contributed by atoms with Crippen molar-refractivity contribution in [3.8, 4) is 0 Å². The molecule has 0 amide bonds. The Hall–Kier alpha value is -1.42. The van der Waals surface area contributed by atoms with Crippen molar-refractivity contribution in [3.63, 3.8) is 0 Å². The lowest BCUT2D eigenvalue weighted by atomic mass is 10.0. The third-order valence-electron chi connectivity index (χ3n) is 2.21. The number of hydrogen-bond acceptors (Lipinski definition) is 3. The van der Waals surface area contributed by atoms with Gasteiger partial charge in [0.25, 0.3) is 0 Å². The average molecular weight is 195 g/mol. The normalized spacial score (nSPS) is 14.8. The van der Waals surface area contributed by atoms with E-state index in [1.54, 1.807) is 12.1 Å². The number of aliphatic hydroxyl groups excluding tert-OH is 1. The SMILES string of the molecule is Cc1ccc([C@H](O)[C@@H](C)[N+](=O)[O-])cc1. The maximum atomic E-state index is 10.4. The lowest BCUT2D eigenvalue weighted by molar-refractivity contribution is -0.531.